The Morgan fingerprint density at radius 3 is 2.38 bits per heavy atom. The molecule has 0 bridgehead atoms. The molecule has 2 aromatic rings. The largest absolute Gasteiger partial charge is 0.450 e. The van der Waals surface area contributed by atoms with E-state index in [1.54, 1.807) is 11.8 Å². The molecule has 0 unspecified atom stereocenters. The fourth-order valence-corrected chi connectivity index (χ4v) is 5.45. The highest BCUT2D eigenvalue weighted by atomic mass is 16.6. The zero-order valence-electron chi connectivity index (χ0n) is 20.6. The molecule has 34 heavy (non-hydrogen) atoms. The van der Waals surface area contributed by atoms with Gasteiger partial charge in [0.25, 0.3) is 0 Å². The summed E-state index contributed by atoms with van der Waals surface area (Å²) in [6.45, 7) is 10.5. The Kier molecular flexibility index (Phi) is 6.96. The van der Waals surface area contributed by atoms with Crippen molar-refractivity contribution in [3.8, 4) is 0 Å². The summed E-state index contributed by atoms with van der Waals surface area (Å²) in [6, 6.07) is 11.9. The zero-order chi connectivity index (χ0) is 24.4. The third-order valence-electron chi connectivity index (χ3n) is 6.87. The number of benzene rings is 2. The van der Waals surface area contributed by atoms with Gasteiger partial charge < -0.3 is 9.47 Å². The van der Waals surface area contributed by atoms with Crippen LogP contribution in [-0.4, -0.2) is 25.4 Å². The van der Waals surface area contributed by atoms with Crippen LogP contribution in [-0.2, 0) is 9.47 Å². The van der Waals surface area contributed by atoms with Gasteiger partial charge in [-0.3, -0.25) is 10.2 Å². The number of nitrogens with one attached hydrogen (secondary N) is 1. The predicted molar refractivity (Wildman–Crippen MR) is 134 cm³/mol. The van der Waals surface area contributed by atoms with Crippen LogP contribution < -0.4 is 10.2 Å². The van der Waals surface area contributed by atoms with Gasteiger partial charge in [-0.1, -0.05) is 54.5 Å². The molecule has 1 aliphatic carbocycles. The van der Waals surface area contributed by atoms with E-state index in [1.807, 2.05) is 38.1 Å². The molecule has 1 N–H and O–H groups in total. The molecule has 0 saturated heterocycles. The molecule has 0 saturated carbocycles. The van der Waals surface area contributed by atoms with E-state index in [9.17, 15) is 9.59 Å². The fourth-order valence-electron chi connectivity index (χ4n) is 5.45. The maximum Gasteiger partial charge on any atom is 0.414 e. The molecule has 4 rings (SSSR count). The van der Waals surface area contributed by atoms with Gasteiger partial charge in [0.05, 0.1) is 24.9 Å². The number of rotatable bonds is 4. The summed E-state index contributed by atoms with van der Waals surface area (Å²) in [5.74, 6) is 0.597. The molecule has 0 spiro atoms. The smallest absolute Gasteiger partial charge is 0.414 e. The van der Waals surface area contributed by atoms with Crippen LogP contribution >= 0.6 is 0 Å². The van der Waals surface area contributed by atoms with Crippen LogP contribution in [0.4, 0.5) is 21.0 Å². The number of carbonyl (C=O) groups is 2. The van der Waals surface area contributed by atoms with Crippen molar-refractivity contribution in [3.05, 3.63) is 70.8 Å². The quantitative estimate of drug-likeness (QED) is 0.503. The van der Waals surface area contributed by atoms with E-state index >= 15 is 0 Å². The molecule has 0 aromatic heterocycles. The summed E-state index contributed by atoms with van der Waals surface area (Å²) in [5, 5.41) is 2.91. The molecule has 4 atom stereocenters. The van der Waals surface area contributed by atoms with E-state index in [1.165, 1.54) is 0 Å². The average Bonchev–Trinajstić information content (AvgIpc) is 2.80. The highest BCUT2D eigenvalue weighted by Crippen LogP contribution is 2.55. The molecular formula is C28H34N2O4. The second kappa shape index (κ2) is 9.92. The van der Waals surface area contributed by atoms with Gasteiger partial charge in [-0.15, -0.1) is 0 Å². The lowest BCUT2D eigenvalue weighted by Crippen LogP contribution is -2.47. The van der Waals surface area contributed by atoms with Gasteiger partial charge in [-0.2, -0.15) is 0 Å². The maximum atomic E-state index is 13.5. The molecule has 1 aliphatic heterocycles. The summed E-state index contributed by atoms with van der Waals surface area (Å²) < 4.78 is 10.7. The Morgan fingerprint density at radius 1 is 1.00 bits per heavy atom. The number of nitrogens with zero attached hydrogens (tertiary/aromatic N) is 1. The lowest BCUT2D eigenvalue weighted by molar-refractivity contribution is 0.146. The van der Waals surface area contributed by atoms with Gasteiger partial charge in [0, 0.05) is 11.6 Å². The minimum Gasteiger partial charge on any atom is -0.450 e. The number of hydrogen-bond acceptors (Lipinski definition) is 4. The number of carbonyl (C=O) groups excluding carboxylic acids is 2. The minimum atomic E-state index is -0.504. The lowest BCUT2D eigenvalue weighted by atomic mass is 9.65. The number of hydrogen-bond donors (Lipinski definition) is 1. The summed E-state index contributed by atoms with van der Waals surface area (Å²) in [6.07, 6.45) is 4.59. The highest BCUT2D eigenvalue weighted by Gasteiger charge is 2.47. The number of amides is 2. The fraction of sp³-hybridized carbons (Fsp3) is 0.429. The molecule has 180 valence electrons. The first kappa shape index (κ1) is 23.9. The minimum absolute atomic E-state index is 0.119. The zero-order valence-corrected chi connectivity index (χ0v) is 20.6. The second-order valence-corrected chi connectivity index (χ2v) is 9.26. The summed E-state index contributed by atoms with van der Waals surface area (Å²) in [7, 11) is 0. The van der Waals surface area contributed by atoms with E-state index in [4.69, 9.17) is 9.47 Å². The van der Waals surface area contributed by atoms with Crippen molar-refractivity contribution in [1.29, 1.82) is 0 Å². The molecule has 2 aromatic carbocycles. The SMILES string of the molecule is CCOC(=O)Nc1ccc(C)cc1[C@H]1[C@@H]2[C@@H](C)CC=C[C@H]2c2cc(C)ccc2N1C(=O)OCC. The summed E-state index contributed by atoms with van der Waals surface area (Å²) >= 11 is 0. The molecule has 2 aliphatic rings. The van der Waals surface area contributed by atoms with Crippen molar-refractivity contribution in [2.75, 3.05) is 23.4 Å². The van der Waals surface area contributed by atoms with Crippen molar-refractivity contribution >= 4 is 23.6 Å². The van der Waals surface area contributed by atoms with E-state index < -0.39 is 6.09 Å². The number of allylic oxidation sites excluding steroid dienone is 2. The number of ether oxygens (including phenoxy) is 2. The Labute approximate surface area is 201 Å². The van der Waals surface area contributed by atoms with Gasteiger partial charge >= 0.3 is 12.2 Å². The molecule has 2 amide bonds. The van der Waals surface area contributed by atoms with Crippen LogP contribution in [0.25, 0.3) is 0 Å². The van der Waals surface area contributed by atoms with Crippen molar-refractivity contribution in [1.82, 2.24) is 0 Å². The van der Waals surface area contributed by atoms with E-state index in [0.29, 0.717) is 11.6 Å². The molecule has 1 heterocycles. The van der Waals surface area contributed by atoms with Gasteiger partial charge in [0.2, 0.25) is 0 Å². The van der Waals surface area contributed by atoms with Crippen molar-refractivity contribution < 1.29 is 19.1 Å². The third kappa shape index (κ3) is 4.41. The Balaban J connectivity index is 1.95. The highest BCUT2D eigenvalue weighted by molar-refractivity contribution is 5.92. The molecular weight excluding hydrogens is 428 g/mol. The normalized spacial score (nSPS) is 23.0. The second-order valence-electron chi connectivity index (χ2n) is 9.26. The van der Waals surface area contributed by atoms with Crippen LogP contribution in [0.15, 0.2) is 48.6 Å². The Hall–Kier alpha value is -3.28. The number of fused-ring (bicyclic) bond motifs is 3. The van der Waals surface area contributed by atoms with Crippen molar-refractivity contribution in [3.63, 3.8) is 0 Å². The molecule has 6 heteroatoms. The average molecular weight is 463 g/mol. The lowest BCUT2D eigenvalue weighted by Gasteiger charge is -2.49. The maximum absolute atomic E-state index is 13.5. The third-order valence-corrected chi connectivity index (χ3v) is 6.87. The van der Waals surface area contributed by atoms with Gasteiger partial charge in [-0.05, 0) is 69.2 Å². The van der Waals surface area contributed by atoms with Crippen LogP contribution in [0.5, 0.6) is 0 Å². The number of anilines is 2. The van der Waals surface area contributed by atoms with Gasteiger partial charge in [0.1, 0.15) is 0 Å². The van der Waals surface area contributed by atoms with Crippen LogP contribution in [0.1, 0.15) is 61.4 Å². The first-order valence-electron chi connectivity index (χ1n) is 12.1. The van der Waals surface area contributed by atoms with E-state index in [-0.39, 0.29) is 37.2 Å². The summed E-state index contributed by atoms with van der Waals surface area (Å²) in [4.78, 5) is 27.7. The van der Waals surface area contributed by atoms with Crippen LogP contribution in [0.3, 0.4) is 0 Å². The first-order valence-corrected chi connectivity index (χ1v) is 12.1. The van der Waals surface area contributed by atoms with Crippen LogP contribution in [0, 0.1) is 25.7 Å². The van der Waals surface area contributed by atoms with Gasteiger partial charge in [-0.25, -0.2) is 9.59 Å². The first-order chi connectivity index (χ1) is 16.3. The predicted octanol–water partition coefficient (Wildman–Crippen LogP) is 6.89. The van der Waals surface area contributed by atoms with E-state index in [2.05, 4.69) is 43.4 Å². The number of aryl methyl sites for hydroxylation is 2. The topological polar surface area (TPSA) is 67.9 Å². The van der Waals surface area contributed by atoms with E-state index in [0.717, 1.165) is 34.4 Å². The van der Waals surface area contributed by atoms with Crippen LogP contribution in [0.2, 0.25) is 0 Å². The van der Waals surface area contributed by atoms with Crippen molar-refractivity contribution in [2.24, 2.45) is 11.8 Å². The van der Waals surface area contributed by atoms with Gasteiger partial charge in [0.15, 0.2) is 0 Å². The molecule has 6 nitrogen and oxygen atoms in total. The molecule has 0 radical (unpaired) electrons. The van der Waals surface area contributed by atoms with Crippen molar-refractivity contribution in [2.45, 2.75) is 53.0 Å². The Bertz CT molecular complexity index is 1110. The monoisotopic (exact) mass is 462 g/mol. The summed E-state index contributed by atoms with van der Waals surface area (Å²) in [5.41, 5.74) is 5.76. The Morgan fingerprint density at radius 2 is 1.68 bits per heavy atom. The standard InChI is InChI=1S/C28H34N2O4/c1-6-33-27(31)29-23-13-11-17(3)16-22(23)26-25-19(5)9-8-10-20(25)21-15-18(4)12-14-24(21)30(26)28(32)34-7-2/h8,10-16,19-20,25-26H,6-7,9H2,1-5H3,(H,29,31)/t19-,20-,25+,26-/m0/s1. The molecule has 0 fully saturated rings.